The Hall–Kier alpha value is -2.37. The first kappa shape index (κ1) is 14.6. The number of nitrogens with zero attached hydrogens (tertiary/aromatic N) is 4. The van der Waals surface area contributed by atoms with Crippen LogP contribution in [0, 0.1) is 0 Å². The molecule has 0 bridgehead atoms. The molecule has 3 rings (SSSR count). The minimum absolute atomic E-state index is 0.0476. The molecule has 0 saturated heterocycles. The third-order valence-electron chi connectivity index (χ3n) is 3.93. The molecule has 2 aromatic heterocycles. The zero-order valence-corrected chi connectivity index (χ0v) is 13.1. The van der Waals surface area contributed by atoms with Gasteiger partial charge in [-0.15, -0.1) is 0 Å². The molecule has 1 aliphatic carbocycles. The molecule has 1 amide bonds. The SMILES string of the molecule is CCn1cc(C(=O)N(C)c2ccc(OC)nc2)c(C2CC2)n1. The number of pyridine rings is 1. The summed E-state index contributed by atoms with van der Waals surface area (Å²) < 4.78 is 6.88. The number of amides is 1. The summed E-state index contributed by atoms with van der Waals surface area (Å²) in [5.74, 6) is 0.921. The van der Waals surface area contributed by atoms with Gasteiger partial charge in [-0.2, -0.15) is 5.10 Å². The van der Waals surface area contributed by atoms with Crippen molar-refractivity contribution in [3.05, 3.63) is 35.8 Å². The predicted octanol–water partition coefficient (Wildman–Crippen LogP) is 2.46. The molecule has 6 heteroatoms. The molecule has 1 aliphatic rings. The van der Waals surface area contributed by atoms with Crippen molar-refractivity contribution in [2.24, 2.45) is 0 Å². The highest BCUT2D eigenvalue weighted by atomic mass is 16.5. The number of rotatable bonds is 5. The summed E-state index contributed by atoms with van der Waals surface area (Å²) in [7, 11) is 3.32. The second kappa shape index (κ2) is 5.79. The van der Waals surface area contributed by atoms with Crippen molar-refractivity contribution in [1.82, 2.24) is 14.8 Å². The molecule has 0 unspecified atom stereocenters. The summed E-state index contributed by atoms with van der Waals surface area (Å²) in [5, 5.41) is 4.55. The van der Waals surface area contributed by atoms with E-state index in [0.717, 1.165) is 30.8 Å². The molecule has 22 heavy (non-hydrogen) atoms. The number of carbonyl (C=O) groups excluding carboxylic acids is 1. The molecule has 0 atom stereocenters. The van der Waals surface area contributed by atoms with Gasteiger partial charge in [-0.25, -0.2) is 4.98 Å². The predicted molar refractivity (Wildman–Crippen MR) is 83.4 cm³/mol. The smallest absolute Gasteiger partial charge is 0.261 e. The Morgan fingerprint density at radius 2 is 2.23 bits per heavy atom. The lowest BCUT2D eigenvalue weighted by Crippen LogP contribution is -2.26. The minimum Gasteiger partial charge on any atom is -0.481 e. The summed E-state index contributed by atoms with van der Waals surface area (Å²) in [6, 6.07) is 3.57. The van der Waals surface area contributed by atoms with Crippen LogP contribution in [0.25, 0.3) is 0 Å². The molecular formula is C16H20N4O2. The number of aryl methyl sites for hydroxylation is 1. The van der Waals surface area contributed by atoms with Crippen molar-refractivity contribution in [2.45, 2.75) is 32.2 Å². The van der Waals surface area contributed by atoms with Crippen LogP contribution in [-0.4, -0.2) is 34.8 Å². The highest BCUT2D eigenvalue weighted by molar-refractivity contribution is 6.06. The molecule has 0 N–H and O–H groups in total. The van der Waals surface area contributed by atoms with Gasteiger partial charge in [-0.05, 0) is 25.8 Å². The molecular weight excluding hydrogens is 280 g/mol. The zero-order chi connectivity index (χ0) is 15.7. The third-order valence-corrected chi connectivity index (χ3v) is 3.93. The number of ether oxygens (including phenoxy) is 1. The lowest BCUT2D eigenvalue weighted by Gasteiger charge is -2.17. The normalized spacial score (nSPS) is 14.0. The summed E-state index contributed by atoms with van der Waals surface area (Å²) in [6.07, 6.45) is 5.73. The van der Waals surface area contributed by atoms with E-state index in [4.69, 9.17) is 4.74 Å². The van der Waals surface area contributed by atoms with Gasteiger partial charge in [0.2, 0.25) is 5.88 Å². The van der Waals surface area contributed by atoms with Gasteiger partial charge in [-0.3, -0.25) is 9.48 Å². The third kappa shape index (κ3) is 2.68. The Balaban J connectivity index is 1.87. The largest absolute Gasteiger partial charge is 0.481 e. The Morgan fingerprint density at radius 1 is 1.45 bits per heavy atom. The Labute approximate surface area is 129 Å². The molecule has 0 spiro atoms. The number of methoxy groups -OCH3 is 1. The molecule has 0 aliphatic heterocycles. The standard InChI is InChI=1S/C16H20N4O2/c1-4-20-10-13(15(18-20)11-5-6-11)16(21)19(2)12-7-8-14(22-3)17-9-12/h7-11H,4-6H2,1-3H3. The van der Waals surface area contributed by atoms with Gasteiger partial charge in [0.15, 0.2) is 0 Å². The van der Waals surface area contributed by atoms with E-state index >= 15 is 0 Å². The average molecular weight is 300 g/mol. The molecule has 1 saturated carbocycles. The fourth-order valence-electron chi connectivity index (χ4n) is 2.41. The van der Waals surface area contributed by atoms with Crippen molar-refractivity contribution in [1.29, 1.82) is 0 Å². The van der Waals surface area contributed by atoms with Crippen LogP contribution in [0.1, 0.15) is 41.7 Å². The number of hydrogen-bond donors (Lipinski definition) is 0. The number of aromatic nitrogens is 3. The fourth-order valence-corrected chi connectivity index (χ4v) is 2.41. The van der Waals surface area contributed by atoms with Gasteiger partial charge in [0.1, 0.15) is 0 Å². The first-order chi connectivity index (χ1) is 10.6. The van der Waals surface area contributed by atoms with Crippen LogP contribution in [0.3, 0.4) is 0 Å². The topological polar surface area (TPSA) is 60.2 Å². The molecule has 2 heterocycles. The highest BCUT2D eigenvalue weighted by Gasteiger charge is 2.32. The van der Waals surface area contributed by atoms with Crippen LogP contribution in [0.15, 0.2) is 24.5 Å². The summed E-state index contributed by atoms with van der Waals surface area (Å²) in [5.41, 5.74) is 2.36. The molecule has 0 aromatic carbocycles. The number of anilines is 1. The van der Waals surface area contributed by atoms with Crippen molar-refractivity contribution in [3.63, 3.8) is 0 Å². The van der Waals surface area contributed by atoms with Crippen LogP contribution < -0.4 is 9.64 Å². The second-order valence-electron chi connectivity index (χ2n) is 5.48. The van der Waals surface area contributed by atoms with Gasteiger partial charge in [0, 0.05) is 31.8 Å². The maximum absolute atomic E-state index is 12.8. The van der Waals surface area contributed by atoms with E-state index in [0.29, 0.717) is 17.4 Å². The van der Waals surface area contributed by atoms with Crippen LogP contribution in [0.2, 0.25) is 0 Å². The fraction of sp³-hybridized carbons (Fsp3) is 0.438. The maximum atomic E-state index is 12.8. The van der Waals surface area contributed by atoms with Crippen LogP contribution in [-0.2, 0) is 6.54 Å². The Kier molecular flexibility index (Phi) is 3.83. The van der Waals surface area contributed by atoms with Crippen LogP contribution in [0.5, 0.6) is 5.88 Å². The number of carbonyl (C=O) groups is 1. The van der Waals surface area contributed by atoms with Crippen molar-refractivity contribution in [3.8, 4) is 5.88 Å². The van der Waals surface area contributed by atoms with Crippen LogP contribution in [0.4, 0.5) is 5.69 Å². The van der Waals surface area contributed by atoms with Crippen molar-refractivity contribution < 1.29 is 9.53 Å². The minimum atomic E-state index is -0.0476. The van der Waals surface area contributed by atoms with Gasteiger partial charge in [-0.1, -0.05) is 0 Å². The quantitative estimate of drug-likeness (QED) is 0.851. The second-order valence-corrected chi connectivity index (χ2v) is 5.48. The highest BCUT2D eigenvalue weighted by Crippen LogP contribution is 2.41. The van der Waals surface area contributed by atoms with Gasteiger partial charge < -0.3 is 9.64 Å². The molecule has 2 aromatic rings. The van der Waals surface area contributed by atoms with E-state index in [1.54, 1.807) is 31.3 Å². The van der Waals surface area contributed by atoms with E-state index in [9.17, 15) is 4.79 Å². The van der Waals surface area contributed by atoms with Gasteiger partial charge in [0.25, 0.3) is 5.91 Å². The summed E-state index contributed by atoms with van der Waals surface area (Å²) in [4.78, 5) is 18.6. The molecule has 116 valence electrons. The van der Waals surface area contributed by atoms with E-state index in [-0.39, 0.29) is 5.91 Å². The molecule has 0 radical (unpaired) electrons. The Bertz CT molecular complexity index is 674. The van der Waals surface area contributed by atoms with Gasteiger partial charge >= 0.3 is 0 Å². The first-order valence-electron chi connectivity index (χ1n) is 7.49. The van der Waals surface area contributed by atoms with E-state index < -0.39 is 0 Å². The lowest BCUT2D eigenvalue weighted by atomic mass is 10.1. The summed E-state index contributed by atoms with van der Waals surface area (Å²) >= 11 is 0. The monoisotopic (exact) mass is 300 g/mol. The lowest BCUT2D eigenvalue weighted by molar-refractivity contribution is 0.0992. The summed E-state index contributed by atoms with van der Waals surface area (Å²) in [6.45, 7) is 2.79. The van der Waals surface area contributed by atoms with Crippen LogP contribution >= 0.6 is 0 Å². The van der Waals surface area contributed by atoms with E-state index in [1.165, 1.54) is 0 Å². The Morgan fingerprint density at radius 3 is 2.77 bits per heavy atom. The van der Waals surface area contributed by atoms with Gasteiger partial charge in [0.05, 0.1) is 30.3 Å². The first-order valence-corrected chi connectivity index (χ1v) is 7.49. The molecule has 1 fully saturated rings. The number of hydrogen-bond acceptors (Lipinski definition) is 4. The zero-order valence-electron chi connectivity index (χ0n) is 13.1. The van der Waals surface area contributed by atoms with Crippen molar-refractivity contribution in [2.75, 3.05) is 19.1 Å². The molecule has 6 nitrogen and oxygen atoms in total. The van der Waals surface area contributed by atoms with Crippen molar-refractivity contribution >= 4 is 11.6 Å². The van der Waals surface area contributed by atoms with E-state index in [2.05, 4.69) is 10.1 Å². The van der Waals surface area contributed by atoms with E-state index in [1.807, 2.05) is 23.9 Å². The maximum Gasteiger partial charge on any atom is 0.261 e. The average Bonchev–Trinajstić information content (AvgIpc) is 3.32.